The van der Waals surface area contributed by atoms with E-state index < -0.39 is 23.7 Å². The van der Waals surface area contributed by atoms with Gasteiger partial charge in [-0.25, -0.2) is 19.9 Å². The Kier molecular flexibility index (Phi) is 4.25. The molecule has 10 nitrogen and oxygen atoms in total. The van der Waals surface area contributed by atoms with Crippen molar-refractivity contribution in [1.29, 1.82) is 0 Å². The van der Waals surface area contributed by atoms with Crippen LogP contribution in [-0.4, -0.2) is 66.9 Å². The molecule has 0 spiro atoms. The molecule has 3 aromatic rings. The maximum atomic E-state index is 12.4. The minimum absolute atomic E-state index is 0.210. The van der Waals surface area contributed by atoms with Crippen LogP contribution in [0.2, 0.25) is 0 Å². The molecule has 2 aliphatic rings. The molecule has 0 bridgehead atoms. The van der Waals surface area contributed by atoms with Gasteiger partial charge in [0.05, 0.1) is 23.9 Å². The zero-order valence-corrected chi connectivity index (χ0v) is 17.0. The summed E-state index contributed by atoms with van der Waals surface area (Å²) in [6.45, 7) is 0. The Balaban J connectivity index is 1.59. The molecule has 11 heteroatoms. The van der Waals surface area contributed by atoms with Gasteiger partial charge in [0.1, 0.15) is 6.10 Å². The lowest BCUT2D eigenvalue weighted by Gasteiger charge is -2.23. The van der Waals surface area contributed by atoms with Crippen LogP contribution in [0.5, 0.6) is 0 Å². The van der Waals surface area contributed by atoms with Gasteiger partial charge in [-0.05, 0) is 18.3 Å². The first-order valence-corrected chi connectivity index (χ1v) is 10.3. The van der Waals surface area contributed by atoms with Crippen molar-refractivity contribution in [3.8, 4) is 11.8 Å². The van der Waals surface area contributed by atoms with Gasteiger partial charge < -0.3 is 25.4 Å². The molecular formula is C19H19N7O3S. The second kappa shape index (κ2) is 6.73. The van der Waals surface area contributed by atoms with Gasteiger partial charge in [-0.1, -0.05) is 0 Å². The predicted octanol–water partition coefficient (Wildman–Crippen LogP) is -0.247. The number of rotatable bonds is 3. The van der Waals surface area contributed by atoms with E-state index in [4.69, 9.17) is 0 Å². The van der Waals surface area contributed by atoms with Crippen LogP contribution in [0, 0.1) is 23.2 Å². The van der Waals surface area contributed by atoms with Crippen molar-refractivity contribution in [3.05, 3.63) is 28.7 Å². The van der Waals surface area contributed by atoms with Crippen LogP contribution in [0.3, 0.4) is 0 Å². The third-order valence-electron chi connectivity index (χ3n) is 6.02. The fourth-order valence-electron chi connectivity index (χ4n) is 4.55. The van der Waals surface area contributed by atoms with Crippen molar-refractivity contribution < 1.29 is 15.0 Å². The van der Waals surface area contributed by atoms with Crippen molar-refractivity contribution in [2.75, 3.05) is 19.4 Å². The Morgan fingerprint density at radius 3 is 2.83 bits per heavy atom. The van der Waals surface area contributed by atoms with Crippen molar-refractivity contribution in [2.24, 2.45) is 11.3 Å². The number of imidazole rings is 1. The number of carbonyl (C=O) groups excluding carboxylic acids is 1. The smallest absolute Gasteiger partial charge is 0.229 e. The molecule has 3 aromatic heterocycles. The van der Waals surface area contributed by atoms with Gasteiger partial charge in [0.25, 0.3) is 0 Å². The standard InChI is InChI=1S/C19H19N7O3S/c1-20-16-12-17(25-10(24-16)3-4-11-22-5-6-30-11)26(8-23-12)13-9-7-19(9,18(29)21-2)15(28)14(13)27/h5-6,8-9,13-15,27-28H,7H2,1-2H3,(H,21,29)(H,20,24,25)/t9?,13-,14+,15?,19-/m1/s1. The molecule has 2 saturated carbocycles. The molecule has 30 heavy (non-hydrogen) atoms. The van der Waals surface area contributed by atoms with Crippen molar-refractivity contribution in [2.45, 2.75) is 24.7 Å². The van der Waals surface area contributed by atoms with Crippen LogP contribution < -0.4 is 10.6 Å². The average Bonchev–Trinajstić information content (AvgIpc) is 3.06. The normalized spacial score (nSPS) is 29.2. The SMILES string of the molecule is CNC(=O)[C@]12CC1[C@@H](n1cnc3c(NC)nc(C#Cc4nccs4)nc31)[C@H](O)C2O. The molecule has 1 amide bonds. The van der Waals surface area contributed by atoms with Gasteiger partial charge in [-0.2, -0.15) is 0 Å². The number of fused-ring (bicyclic) bond motifs is 2. The van der Waals surface area contributed by atoms with Crippen LogP contribution in [0.15, 0.2) is 17.9 Å². The molecule has 154 valence electrons. The maximum Gasteiger partial charge on any atom is 0.229 e. The Hall–Kier alpha value is -3.07. The zero-order valence-electron chi connectivity index (χ0n) is 16.2. The summed E-state index contributed by atoms with van der Waals surface area (Å²) < 4.78 is 1.72. The number of hydrogen-bond acceptors (Lipinski definition) is 9. The molecule has 0 aromatic carbocycles. The number of anilines is 1. The van der Waals surface area contributed by atoms with Crippen LogP contribution in [0.4, 0.5) is 5.82 Å². The quantitative estimate of drug-likeness (QED) is 0.422. The molecular weight excluding hydrogens is 406 g/mol. The summed E-state index contributed by atoms with van der Waals surface area (Å²) in [4.78, 5) is 29.9. The lowest BCUT2D eigenvalue weighted by molar-refractivity contribution is -0.132. The van der Waals surface area contributed by atoms with Crippen LogP contribution in [0.25, 0.3) is 11.2 Å². The Morgan fingerprint density at radius 2 is 2.13 bits per heavy atom. The number of amides is 1. The largest absolute Gasteiger partial charge is 0.389 e. The summed E-state index contributed by atoms with van der Waals surface area (Å²) in [6, 6.07) is -0.526. The molecule has 2 unspecified atom stereocenters. The summed E-state index contributed by atoms with van der Waals surface area (Å²) in [5.41, 5.74) is 0.0348. The summed E-state index contributed by atoms with van der Waals surface area (Å²) in [7, 11) is 3.26. The number of aromatic nitrogens is 5. The first-order chi connectivity index (χ1) is 14.5. The number of aliphatic hydroxyl groups excluding tert-OH is 2. The van der Waals surface area contributed by atoms with Crippen molar-refractivity contribution in [1.82, 2.24) is 29.8 Å². The van der Waals surface area contributed by atoms with Gasteiger partial charge in [0, 0.05) is 31.6 Å². The predicted molar refractivity (Wildman–Crippen MR) is 109 cm³/mol. The van der Waals surface area contributed by atoms with Crippen molar-refractivity contribution >= 4 is 34.2 Å². The molecule has 3 heterocycles. The Bertz CT molecular complexity index is 1200. The van der Waals surface area contributed by atoms with Crippen LogP contribution >= 0.6 is 11.3 Å². The number of carbonyl (C=O) groups is 1. The molecule has 2 aliphatic carbocycles. The molecule has 5 rings (SSSR count). The fraction of sp³-hybridized carbons (Fsp3) is 0.421. The number of nitrogens with zero attached hydrogens (tertiary/aromatic N) is 5. The topological polar surface area (TPSA) is 138 Å². The van der Waals surface area contributed by atoms with Gasteiger partial charge in [0.2, 0.25) is 11.7 Å². The van der Waals surface area contributed by atoms with E-state index in [1.54, 1.807) is 24.1 Å². The monoisotopic (exact) mass is 425 g/mol. The van der Waals surface area contributed by atoms with Crippen molar-refractivity contribution in [3.63, 3.8) is 0 Å². The summed E-state index contributed by atoms with van der Waals surface area (Å²) in [6.07, 6.45) is 1.47. The van der Waals surface area contributed by atoms with E-state index in [-0.39, 0.29) is 17.6 Å². The number of thiazole rings is 1. The van der Waals surface area contributed by atoms with E-state index in [0.717, 1.165) is 0 Å². The van der Waals surface area contributed by atoms with Gasteiger partial charge in [0.15, 0.2) is 22.0 Å². The maximum absolute atomic E-state index is 12.4. The first-order valence-electron chi connectivity index (χ1n) is 9.43. The van der Waals surface area contributed by atoms with Gasteiger partial charge in [-0.15, -0.1) is 11.3 Å². The highest BCUT2D eigenvalue weighted by atomic mass is 32.1. The third-order valence-corrected chi connectivity index (χ3v) is 6.70. The lowest BCUT2D eigenvalue weighted by atomic mass is 9.98. The lowest BCUT2D eigenvalue weighted by Crippen LogP contribution is -2.41. The van der Waals surface area contributed by atoms with E-state index in [1.807, 2.05) is 5.38 Å². The summed E-state index contributed by atoms with van der Waals surface area (Å²) >= 11 is 1.42. The molecule has 0 saturated heterocycles. The van der Waals surface area contributed by atoms with E-state index in [2.05, 4.69) is 42.4 Å². The Morgan fingerprint density at radius 1 is 1.30 bits per heavy atom. The molecule has 4 N–H and O–H groups in total. The van der Waals surface area contributed by atoms with Gasteiger partial charge >= 0.3 is 0 Å². The minimum Gasteiger partial charge on any atom is -0.389 e. The third kappa shape index (κ3) is 2.54. The average molecular weight is 425 g/mol. The number of hydrogen-bond donors (Lipinski definition) is 4. The molecule has 2 fully saturated rings. The van der Waals surface area contributed by atoms with Crippen LogP contribution in [0.1, 0.15) is 23.3 Å². The zero-order chi connectivity index (χ0) is 21.0. The van der Waals surface area contributed by atoms with E-state index in [0.29, 0.717) is 28.4 Å². The second-order valence-electron chi connectivity index (χ2n) is 7.41. The number of aliphatic hydroxyl groups is 2. The van der Waals surface area contributed by atoms with Crippen LogP contribution in [-0.2, 0) is 4.79 Å². The van der Waals surface area contributed by atoms with E-state index in [1.165, 1.54) is 18.4 Å². The fourth-order valence-corrected chi connectivity index (χ4v) is 5.03. The summed E-state index contributed by atoms with van der Waals surface area (Å²) in [5.74, 6) is 6.17. The second-order valence-corrected chi connectivity index (χ2v) is 8.31. The first kappa shape index (κ1) is 18.9. The highest BCUT2D eigenvalue weighted by Crippen LogP contribution is 2.67. The van der Waals surface area contributed by atoms with E-state index >= 15 is 0 Å². The van der Waals surface area contributed by atoms with E-state index in [9.17, 15) is 15.0 Å². The highest BCUT2D eigenvalue weighted by molar-refractivity contribution is 7.10. The molecule has 5 atom stereocenters. The highest BCUT2D eigenvalue weighted by Gasteiger charge is 2.75. The molecule has 0 radical (unpaired) electrons. The summed E-state index contributed by atoms with van der Waals surface area (Å²) in [5, 5.41) is 29.5. The number of nitrogens with one attached hydrogen (secondary N) is 2. The Labute approximate surface area is 175 Å². The molecule has 0 aliphatic heterocycles. The van der Waals surface area contributed by atoms with Gasteiger partial charge in [-0.3, -0.25) is 4.79 Å². The minimum atomic E-state index is -1.15.